The van der Waals surface area contributed by atoms with Gasteiger partial charge >= 0.3 is 0 Å². The molecule has 1 saturated carbocycles. The Balaban J connectivity index is 1.85. The Kier molecular flexibility index (Phi) is 6.87. The molecular formula is C17H27NO4S. The first-order valence-corrected chi connectivity index (χ1v) is 10.0. The van der Waals surface area contributed by atoms with E-state index >= 15 is 0 Å². The lowest BCUT2D eigenvalue weighted by atomic mass is 10.0. The first-order valence-electron chi connectivity index (χ1n) is 8.21. The summed E-state index contributed by atoms with van der Waals surface area (Å²) < 4.78 is 35.2. The van der Waals surface area contributed by atoms with Gasteiger partial charge in [-0.25, -0.2) is 8.42 Å². The molecule has 0 unspecified atom stereocenters. The van der Waals surface area contributed by atoms with Gasteiger partial charge in [0.15, 0.2) is 9.84 Å². The maximum atomic E-state index is 12.1. The molecule has 1 atom stereocenters. The molecule has 5 nitrogen and oxygen atoms in total. The van der Waals surface area contributed by atoms with Crippen LogP contribution in [0.1, 0.15) is 31.2 Å². The fraction of sp³-hybridized carbons (Fsp3) is 0.647. The van der Waals surface area contributed by atoms with Crippen LogP contribution in [0.15, 0.2) is 24.3 Å². The van der Waals surface area contributed by atoms with Crippen molar-refractivity contribution in [1.29, 1.82) is 0 Å². The molecule has 6 heteroatoms. The van der Waals surface area contributed by atoms with Crippen LogP contribution < -0.4 is 10.5 Å². The van der Waals surface area contributed by atoms with Crippen molar-refractivity contribution in [2.24, 2.45) is 11.7 Å². The summed E-state index contributed by atoms with van der Waals surface area (Å²) in [6, 6.07) is 7.75. The van der Waals surface area contributed by atoms with Gasteiger partial charge in [0, 0.05) is 6.54 Å². The van der Waals surface area contributed by atoms with Gasteiger partial charge in [-0.2, -0.15) is 0 Å². The van der Waals surface area contributed by atoms with Gasteiger partial charge in [0.1, 0.15) is 5.75 Å². The highest BCUT2D eigenvalue weighted by Crippen LogP contribution is 2.30. The van der Waals surface area contributed by atoms with E-state index in [1.165, 1.54) is 12.8 Å². The summed E-state index contributed by atoms with van der Waals surface area (Å²) in [7, 11) is -3.14. The van der Waals surface area contributed by atoms with E-state index < -0.39 is 9.84 Å². The van der Waals surface area contributed by atoms with Gasteiger partial charge in [0.2, 0.25) is 0 Å². The monoisotopic (exact) mass is 341 g/mol. The van der Waals surface area contributed by atoms with E-state index in [0.717, 1.165) is 17.9 Å². The average molecular weight is 341 g/mol. The Morgan fingerprint density at radius 1 is 1.30 bits per heavy atom. The van der Waals surface area contributed by atoms with Gasteiger partial charge < -0.3 is 15.2 Å². The quantitative estimate of drug-likeness (QED) is 0.623. The number of benzene rings is 1. The van der Waals surface area contributed by atoms with Gasteiger partial charge in [0.25, 0.3) is 0 Å². The van der Waals surface area contributed by atoms with Crippen molar-refractivity contribution in [3.05, 3.63) is 29.8 Å². The number of sulfone groups is 1. The van der Waals surface area contributed by atoms with E-state index in [-0.39, 0.29) is 24.0 Å². The molecular weight excluding hydrogens is 314 g/mol. The molecule has 0 bridgehead atoms. The zero-order chi connectivity index (χ0) is 16.7. The van der Waals surface area contributed by atoms with Gasteiger partial charge in [-0.05, 0) is 42.4 Å². The topological polar surface area (TPSA) is 78.6 Å². The lowest BCUT2D eigenvalue weighted by Gasteiger charge is -2.14. The second kappa shape index (κ2) is 8.66. The highest BCUT2D eigenvalue weighted by atomic mass is 32.2. The number of hydrogen-bond donors (Lipinski definition) is 1. The van der Waals surface area contributed by atoms with Crippen molar-refractivity contribution in [2.45, 2.75) is 25.7 Å². The summed E-state index contributed by atoms with van der Waals surface area (Å²) in [6.45, 7) is 3.69. The predicted molar refractivity (Wildman–Crippen MR) is 91.6 cm³/mol. The van der Waals surface area contributed by atoms with E-state index in [0.29, 0.717) is 19.1 Å². The molecule has 2 rings (SSSR count). The second-order valence-corrected chi connectivity index (χ2v) is 8.47. The third kappa shape index (κ3) is 6.89. The summed E-state index contributed by atoms with van der Waals surface area (Å²) in [5.41, 5.74) is 6.30. The number of hydrogen-bond acceptors (Lipinski definition) is 5. The number of ether oxygens (including phenoxy) is 2. The van der Waals surface area contributed by atoms with Crippen molar-refractivity contribution in [1.82, 2.24) is 0 Å². The summed E-state index contributed by atoms with van der Waals surface area (Å²) in [5, 5.41) is 0. The third-order valence-electron chi connectivity index (χ3n) is 3.91. The first kappa shape index (κ1) is 18.2. The lowest BCUT2D eigenvalue weighted by Crippen LogP contribution is -2.20. The smallest absolute Gasteiger partial charge is 0.153 e. The molecule has 1 aliphatic carbocycles. The van der Waals surface area contributed by atoms with Crippen molar-refractivity contribution in [3.63, 3.8) is 0 Å². The molecule has 1 aromatic rings. The molecule has 2 N–H and O–H groups in total. The Hall–Kier alpha value is -1.11. The van der Waals surface area contributed by atoms with Crippen LogP contribution in [0.25, 0.3) is 0 Å². The maximum Gasteiger partial charge on any atom is 0.153 e. The van der Waals surface area contributed by atoms with Crippen LogP contribution in [0.4, 0.5) is 0 Å². The minimum absolute atomic E-state index is 0.0369. The van der Waals surface area contributed by atoms with Crippen LogP contribution in [0.2, 0.25) is 0 Å². The van der Waals surface area contributed by atoms with Crippen LogP contribution >= 0.6 is 0 Å². The summed E-state index contributed by atoms with van der Waals surface area (Å²) in [4.78, 5) is 0. The molecule has 23 heavy (non-hydrogen) atoms. The molecule has 0 spiro atoms. The Bertz CT molecular complexity index is 584. The zero-order valence-corrected chi connectivity index (χ0v) is 14.6. The molecule has 130 valence electrons. The van der Waals surface area contributed by atoms with Crippen LogP contribution in [-0.4, -0.2) is 46.3 Å². The van der Waals surface area contributed by atoms with E-state index in [2.05, 4.69) is 0 Å². The molecule has 0 amide bonds. The van der Waals surface area contributed by atoms with Crippen LogP contribution in [0.3, 0.4) is 0 Å². The van der Waals surface area contributed by atoms with Gasteiger partial charge in [-0.15, -0.1) is 0 Å². The van der Waals surface area contributed by atoms with Crippen molar-refractivity contribution in [3.8, 4) is 5.75 Å². The van der Waals surface area contributed by atoms with Gasteiger partial charge in [-0.1, -0.05) is 19.1 Å². The fourth-order valence-corrected chi connectivity index (χ4v) is 3.83. The Labute approximate surface area is 139 Å². The molecule has 0 radical (unpaired) electrons. The Morgan fingerprint density at radius 3 is 2.78 bits per heavy atom. The summed E-state index contributed by atoms with van der Waals surface area (Å²) >= 11 is 0. The number of nitrogens with two attached hydrogens (primary N) is 1. The Morgan fingerprint density at radius 2 is 2.09 bits per heavy atom. The second-order valence-electron chi connectivity index (χ2n) is 6.24. The van der Waals surface area contributed by atoms with Crippen LogP contribution in [0.5, 0.6) is 5.75 Å². The van der Waals surface area contributed by atoms with Crippen molar-refractivity contribution in [2.75, 3.05) is 37.9 Å². The van der Waals surface area contributed by atoms with E-state index in [1.54, 1.807) is 0 Å². The van der Waals surface area contributed by atoms with Crippen molar-refractivity contribution >= 4 is 9.84 Å². The third-order valence-corrected chi connectivity index (χ3v) is 5.71. The minimum atomic E-state index is -3.14. The SMILES string of the molecule is C[C@@H](CS(=O)(=O)CCOCCN)c1cccc(OCC2CC2)c1. The summed E-state index contributed by atoms with van der Waals surface area (Å²) in [5.74, 6) is 1.61. The zero-order valence-electron chi connectivity index (χ0n) is 13.7. The highest BCUT2D eigenvalue weighted by molar-refractivity contribution is 7.91. The molecule has 0 saturated heterocycles. The normalized spacial score (nSPS) is 16.3. The largest absolute Gasteiger partial charge is 0.493 e. The molecule has 1 aromatic carbocycles. The molecule has 0 aliphatic heterocycles. The maximum absolute atomic E-state index is 12.1. The van der Waals surface area contributed by atoms with E-state index in [9.17, 15) is 8.42 Å². The van der Waals surface area contributed by atoms with Gasteiger partial charge in [-0.3, -0.25) is 0 Å². The summed E-state index contributed by atoms with van der Waals surface area (Å²) in [6.07, 6.45) is 2.50. The van der Waals surface area contributed by atoms with Crippen molar-refractivity contribution < 1.29 is 17.9 Å². The van der Waals surface area contributed by atoms with Crippen LogP contribution in [-0.2, 0) is 14.6 Å². The van der Waals surface area contributed by atoms with Gasteiger partial charge in [0.05, 0.1) is 31.3 Å². The standard InChI is InChI=1S/C17H27NO4S/c1-14(13-23(19,20)10-9-21-8-7-18)16-3-2-4-17(11-16)22-12-15-5-6-15/h2-4,11,14-15H,5-10,12-13,18H2,1H3/t14-/m0/s1. The highest BCUT2D eigenvalue weighted by Gasteiger charge is 2.22. The average Bonchev–Trinajstić information content (AvgIpc) is 3.34. The predicted octanol–water partition coefficient (Wildman–Crippen LogP) is 1.97. The molecule has 0 aromatic heterocycles. The number of rotatable bonds is 11. The molecule has 1 aliphatic rings. The first-order chi connectivity index (χ1) is 11.0. The van der Waals surface area contributed by atoms with Crippen LogP contribution in [0, 0.1) is 5.92 Å². The fourth-order valence-electron chi connectivity index (χ4n) is 2.34. The van der Waals surface area contributed by atoms with E-state index in [1.807, 2.05) is 31.2 Å². The minimum Gasteiger partial charge on any atom is -0.493 e. The molecule has 0 heterocycles. The molecule has 1 fully saturated rings. The van der Waals surface area contributed by atoms with E-state index in [4.69, 9.17) is 15.2 Å². The lowest BCUT2D eigenvalue weighted by molar-refractivity contribution is 0.157.